The Labute approximate surface area is 178 Å². The minimum atomic E-state index is -0.538. The summed E-state index contributed by atoms with van der Waals surface area (Å²) >= 11 is 5.26. The molecule has 3 aromatic rings. The average molecular weight is 418 g/mol. The van der Waals surface area contributed by atoms with Crippen LogP contribution in [0.2, 0.25) is 0 Å². The number of fused-ring (bicyclic) bond motifs is 1. The Morgan fingerprint density at radius 3 is 2.43 bits per heavy atom. The zero-order valence-corrected chi connectivity index (χ0v) is 17.2. The minimum absolute atomic E-state index is 0.0123. The number of methoxy groups -OCH3 is 2. The van der Waals surface area contributed by atoms with Crippen LogP contribution in [0.15, 0.2) is 66.2 Å². The maximum Gasteiger partial charge on any atom is 0.270 e. The highest BCUT2D eigenvalue weighted by molar-refractivity contribution is 7.80. The molecule has 1 N–H and O–H groups in total. The van der Waals surface area contributed by atoms with E-state index >= 15 is 0 Å². The van der Waals surface area contributed by atoms with Crippen molar-refractivity contribution in [1.82, 2.24) is 5.32 Å². The van der Waals surface area contributed by atoms with Crippen LogP contribution in [-0.4, -0.2) is 31.1 Å². The van der Waals surface area contributed by atoms with Crippen molar-refractivity contribution in [3.05, 3.63) is 71.8 Å². The normalized spacial score (nSPS) is 15.5. The highest BCUT2D eigenvalue weighted by atomic mass is 32.1. The van der Waals surface area contributed by atoms with E-state index in [1.165, 1.54) is 12.0 Å². The van der Waals surface area contributed by atoms with Crippen LogP contribution in [-0.2, 0) is 9.59 Å². The molecule has 0 atom stereocenters. The van der Waals surface area contributed by atoms with Crippen molar-refractivity contribution in [3.63, 3.8) is 0 Å². The highest BCUT2D eigenvalue weighted by Gasteiger charge is 2.34. The van der Waals surface area contributed by atoms with Gasteiger partial charge in [-0.05, 0) is 47.4 Å². The van der Waals surface area contributed by atoms with E-state index < -0.39 is 11.8 Å². The molecule has 0 unspecified atom stereocenters. The molecule has 1 fully saturated rings. The van der Waals surface area contributed by atoms with Crippen molar-refractivity contribution >= 4 is 51.7 Å². The molecule has 6 nitrogen and oxygen atoms in total. The third-order valence-electron chi connectivity index (χ3n) is 4.85. The fraction of sp³-hybridized carbons (Fsp3) is 0.0870. The fourth-order valence-electron chi connectivity index (χ4n) is 3.40. The van der Waals surface area contributed by atoms with Gasteiger partial charge in [0.1, 0.15) is 17.1 Å². The van der Waals surface area contributed by atoms with E-state index in [0.29, 0.717) is 17.2 Å². The zero-order chi connectivity index (χ0) is 21.3. The van der Waals surface area contributed by atoms with Gasteiger partial charge in [-0.3, -0.25) is 19.8 Å². The standard InChI is InChI=1S/C23H18N2O4S/c1-28-16-7-5-6-15(13-16)25-22(27)19(21(26)24-23(25)30)12-14-10-11-20(29-2)18-9-4-3-8-17(14)18/h3-13H,1-2H3,(H,24,26,30). The van der Waals surface area contributed by atoms with Crippen LogP contribution in [0.5, 0.6) is 11.5 Å². The van der Waals surface area contributed by atoms with Crippen LogP contribution >= 0.6 is 12.2 Å². The maximum atomic E-state index is 13.3. The van der Waals surface area contributed by atoms with Gasteiger partial charge >= 0.3 is 0 Å². The number of rotatable bonds is 4. The third kappa shape index (κ3) is 3.40. The molecule has 150 valence electrons. The Morgan fingerprint density at radius 2 is 1.70 bits per heavy atom. The number of ether oxygens (including phenoxy) is 2. The molecule has 0 aromatic heterocycles. The SMILES string of the molecule is COc1cccc(N2C(=O)C(=Cc3ccc(OC)c4ccccc34)C(=O)NC2=S)c1. The van der Waals surface area contributed by atoms with Crippen molar-refractivity contribution in [2.75, 3.05) is 19.1 Å². The van der Waals surface area contributed by atoms with Gasteiger partial charge in [-0.25, -0.2) is 0 Å². The van der Waals surface area contributed by atoms with Crippen molar-refractivity contribution in [3.8, 4) is 11.5 Å². The first kappa shape index (κ1) is 19.6. The van der Waals surface area contributed by atoms with Gasteiger partial charge < -0.3 is 9.47 Å². The molecular formula is C23H18N2O4S. The first-order chi connectivity index (χ1) is 14.5. The van der Waals surface area contributed by atoms with Crippen LogP contribution in [0.3, 0.4) is 0 Å². The third-order valence-corrected chi connectivity index (χ3v) is 5.14. The first-order valence-corrected chi connectivity index (χ1v) is 9.55. The molecule has 0 radical (unpaired) electrons. The van der Waals surface area contributed by atoms with Gasteiger partial charge in [0, 0.05) is 11.5 Å². The van der Waals surface area contributed by atoms with Crippen LogP contribution in [0, 0.1) is 0 Å². The van der Waals surface area contributed by atoms with E-state index in [0.717, 1.165) is 16.3 Å². The second-order valence-corrected chi connectivity index (χ2v) is 6.95. The Balaban J connectivity index is 1.81. The smallest absolute Gasteiger partial charge is 0.270 e. The monoisotopic (exact) mass is 418 g/mol. The summed E-state index contributed by atoms with van der Waals surface area (Å²) in [6.07, 6.45) is 1.58. The van der Waals surface area contributed by atoms with Crippen LogP contribution in [0.1, 0.15) is 5.56 Å². The quantitative estimate of drug-likeness (QED) is 0.398. The van der Waals surface area contributed by atoms with E-state index in [1.807, 2.05) is 36.4 Å². The molecule has 30 heavy (non-hydrogen) atoms. The summed E-state index contributed by atoms with van der Waals surface area (Å²) in [6, 6.07) is 18.2. The van der Waals surface area contributed by atoms with Gasteiger partial charge in [-0.15, -0.1) is 0 Å². The van der Waals surface area contributed by atoms with Gasteiger partial charge in [0.15, 0.2) is 5.11 Å². The lowest BCUT2D eigenvalue weighted by molar-refractivity contribution is -0.122. The highest BCUT2D eigenvalue weighted by Crippen LogP contribution is 2.31. The van der Waals surface area contributed by atoms with Crippen molar-refractivity contribution in [2.45, 2.75) is 0 Å². The molecule has 4 rings (SSSR count). The number of nitrogens with zero attached hydrogens (tertiary/aromatic N) is 1. The molecule has 7 heteroatoms. The lowest BCUT2D eigenvalue weighted by atomic mass is 10.00. The Kier molecular flexibility index (Phi) is 5.20. The average Bonchev–Trinajstić information content (AvgIpc) is 2.76. The van der Waals surface area contributed by atoms with Crippen molar-refractivity contribution in [2.24, 2.45) is 0 Å². The molecule has 1 saturated heterocycles. The molecule has 0 saturated carbocycles. The molecule has 1 aliphatic rings. The van der Waals surface area contributed by atoms with Gasteiger partial charge in [-0.2, -0.15) is 0 Å². The number of amides is 2. The number of hydrogen-bond donors (Lipinski definition) is 1. The maximum absolute atomic E-state index is 13.3. The lowest BCUT2D eigenvalue weighted by Gasteiger charge is -2.29. The minimum Gasteiger partial charge on any atom is -0.497 e. The molecule has 1 heterocycles. The number of thiocarbonyl (C=S) groups is 1. The molecule has 1 aliphatic heterocycles. The number of hydrogen-bond acceptors (Lipinski definition) is 5. The second-order valence-electron chi connectivity index (χ2n) is 6.56. The molecule has 0 aliphatic carbocycles. The van der Waals surface area contributed by atoms with E-state index in [9.17, 15) is 9.59 Å². The van der Waals surface area contributed by atoms with Crippen LogP contribution in [0.4, 0.5) is 5.69 Å². The lowest BCUT2D eigenvalue weighted by Crippen LogP contribution is -2.54. The molecule has 2 amide bonds. The number of carbonyl (C=O) groups excluding carboxylic acids is 2. The molecular weight excluding hydrogens is 400 g/mol. The topological polar surface area (TPSA) is 67.9 Å². The van der Waals surface area contributed by atoms with Crippen LogP contribution < -0.4 is 19.7 Å². The summed E-state index contributed by atoms with van der Waals surface area (Å²) in [7, 11) is 3.14. The summed E-state index contributed by atoms with van der Waals surface area (Å²) in [5.74, 6) is 0.249. The number of benzene rings is 3. The summed E-state index contributed by atoms with van der Waals surface area (Å²) in [4.78, 5) is 27.2. The van der Waals surface area contributed by atoms with Crippen LogP contribution in [0.25, 0.3) is 16.8 Å². The molecule has 0 spiro atoms. The summed E-state index contributed by atoms with van der Waals surface area (Å²) in [5.41, 5.74) is 1.22. The predicted octanol–water partition coefficient (Wildman–Crippen LogP) is 3.69. The molecule has 0 bridgehead atoms. The number of nitrogens with one attached hydrogen (secondary N) is 1. The molecule has 3 aromatic carbocycles. The Hall–Kier alpha value is -3.71. The fourth-order valence-corrected chi connectivity index (χ4v) is 3.68. The summed E-state index contributed by atoms with van der Waals surface area (Å²) in [5, 5.41) is 4.38. The van der Waals surface area contributed by atoms with E-state index in [1.54, 1.807) is 37.5 Å². The van der Waals surface area contributed by atoms with E-state index in [-0.39, 0.29) is 10.7 Å². The van der Waals surface area contributed by atoms with E-state index in [4.69, 9.17) is 21.7 Å². The van der Waals surface area contributed by atoms with Gasteiger partial charge in [-0.1, -0.05) is 36.4 Å². The first-order valence-electron chi connectivity index (χ1n) is 9.14. The van der Waals surface area contributed by atoms with Gasteiger partial charge in [0.2, 0.25) is 0 Å². The number of anilines is 1. The predicted molar refractivity (Wildman–Crippen MR) is 120 cm³/mol. The van der Waals surface area contributed by atoms with Crippen molar-refractivity contribution in [1.29, 1.82) is 0 Å². The summed E-state index contributed by atoms with van der Waals surface area (Å²) < 4.78 is 10.7. The Morgan fingerprint density at radius 1 is 0.933 bits per heavy atom. The summed E-state index contributed by atoms with van der Waals surface area (Å²) in [6.45, 7) is 0. The Bertz CT molecular complexity index is 1220. The van der Waals surface area contributed by atoms with Gasteiger partial charge in [0.25, 0.3) is 11.8 Å². The van der Waals surface area contributed by atoms with E-state index in [2.05, 4.69) is 5.32 Å². The number of carbonyl (C=O) groups is 2. The van der Waals surface area contributed by atoms with Gasteiger partial charge in [0.05, 0.1) is 19.9 Å². The zero-order valence-electron chi connectivity index (χ0n) is 16.3. The van der Waals surface area contributed by atoms with Crippen molar-refractivity contribution < 1.29 is 19.1 Å². The second kappa shape index (κ2) is 7.96. The largest absolute Gasteiger partial charge is 0.497 e.